The third-order valence-electron chi connectivity index (χ3n) is 4.86. The number of nitrogen functional groups attached to an aromatic ring is 1. The minimum atomic E-state index is 0.438. The summed E-state index contributed by atoms with van der Waals surface area (Å²) < 4.78 is 19.7. The van der Waals surface area contributed by atoms with Gasteiger partial charge in [-0.25, -0.2) is 4.98 Å². The Bertz CT molecular complexity index is 1170. The Kier molecular flexibility index (Phi) is 5.81. The second-order valence-electron chi connectivity index (χ2n) is 6.81. The van der Waals surface area contributed by atoms with E-state index in [1.54, 1.807) is 14.2 Å². The van der Waals surface area contributed by atoms with Crippen LogP contribution in [0.2, 0.25) is 0 Å². The van der Waals surface area contributed by atoms with Gasteiger partial charge in [-0.1, -0.05) is 34.1 Å². The zero-order valence-corrected chi connectivity index (χ0v) is 18.3. The molecule has 30 heavy (non-hydrogen) atoms. The van der Waals surface area contributed by atoms with Gasteiger partial charge in [0.15, 0.2) is 11.5 Å². The summed E-state index contributed by atoms with van der Waals surface area (Å²) in [4.78, 5) is 4.45. The lowest BCUT2D eigenvalue weighted by molar-refractivity contribution is 0.284. The summed E-state index contributed by atoms with van der Waals surface area (Å²) in [6.07, 6.45) is 0. The van der Waals surface area contributed by atoms with Gasteiger partial charge in [-0.3, -0.25) is 0 Å². The molecule has 3 aromatic carbocycles. The summed E-state index contributed by atoms with van der Waals surface area (Å²) in [5.74, 6) is 2.65. The average Bonchev–Trinajstić information content (AvgIpc) is 3.07. The molecule has 0 aliphatic rings. The smallest absolute Gasteiger partial charge is 0.201 e. The van der Waals surface area contributed by atoms with Crippen molar-refractivity contribution in [1.82, 2.24) is 9.55 Å². The Morgan fingerprint density at radius 3 is 2.40 bits per heavy atom. The van der Waals surface area contributed by atoms with E-state index >= 15 is 0 Å². The van der Waals surface area contributed by atoms with E-state index in [0.717, 1.165) is 32.4 Å². The van der Waals surface area contributed by atoms with Gasteiger partial charge in [-0.2, -0.15) is 0 Å². The van der Waals surface area contributed by atoms with Crippen LogP contribution in [0.3, 0.4) is 0 Å². The molecule has 0 saturated carbocycles. The van der Waals surface area contributed by atoms with Crippen molar-refractivity contribution in [2.75, 3.05) is 20.0 Å². The summed E-state index contributed by atoms with van der Waals surface area (Å²) in [5, 5.41) is 0. The number of ether oxygens (including phenoxy) is 3. The van der Waals surface area contributed by atoms with Crippen LogP contribution < -0.4 is 19.9 Å². The van der Waals surface area contributed by atoms with Gasteiger partial charge in [0, 0.05) is 4.47 Å². The zero-order chi connectivity index (χ0) is 21.1. The second kappa shape index (κ2) is 8.67. The molecule has 0 radical (unpaired) electrons. The molecule has 0 bridgehead atoms. The van der Waals surface area contributed by atoms with E-state index in [0.29, 0.717) is 30.6 Å². The Hall–Kier alpha value is -3.19. The van der Waals surface area contributed by atoms with Gasteiger partial charge in [0.25, 0.3) is 0 Å². The topological polar surface area (TPSA) is 71.5 Å². The molecule has 2 N–H and O–H groups in total. The largest absolute Gasteiger partial charge is 0.497 e. The highest BCUT2D eigenvalue weighted by molar-refractivity contribution is 9.10. The van der Waals surface area contributed by atoms with Crippen LogP contribution in [0.1, 0.15) is 11.1 Å². The molecule has 1 aromatic heterocycles. The molecule has 0 fully saturated rings. The molecule has 154 valence electrons. The van der Waals surface area contributed by atoms with Crippen molar-refractivity contribution >= 4 is 32.9 Å². The summed E-state index contributed by atoms with van der Waals surface area (Å²) in [6.45, 7) is 1.02. The third-order valence-corrected chi connectivity index (χ3v) is 5.36. The molecular weight excluding hydrogens is 446 g/mol. The fraction of sp³-hybridized carbons (Fsp3) is 0.174. The minimum Gasteiger partial charge on any atom is -0.497 e. The Labute approximate surface area is 183 Å². The number of benzene rings is 3. The first kappa shape index (κ1) is 20.1. The summed E-state index contributed by atoms with van der Waals surface area (Å²) in [5.41, 5.74) is 10.1. The number of nitrogens with two attached hydrogens (primary N) is 1. The van der Waals surface area contributed by atoms with Gasteiger partial charge >= 0.3 is 0 Å². The normalized spacial score (nSPS) is 10.9. The van der Waals surface area contributed by atoms with Crippen molar-refractivity contribution in [3.63, 3.8) is 0 Å². The van der Waals surface area contributed by atoms with E-state index in [1.807, 2.05) is 65.2 Å². The molecule has 0 amide bonds. The van der Waals surface area contributed by atoms with Crippen molar-refractivity contribution in [3.05, 3.63) is 76.3 Å². The number of nitrogens with zero attached hydrogens (tertiary/aromatic N) is 2. The highest BCUT2D eigenvalue weighted by Crippen LogP contribution is 2.30. The van der Waals surface area contributed by atoms with Gasteiger partial charge in [-0.05, 0) is 53.6 Å². The molecule has 0 saturated heterocycles. The highest BCUT2D eigenvalue weighted by atomic mass is 79.9. The number of aromatic nitrogens is 2. The lowest BCUT2D eigenvalue weighted by Crippen LogP contribution is -2.05. The fourth-order valence-electron chi connectivity index (χ4n) is 3.28. The van der Waals surface area contributed by atoms with Crippen LogP contribution in [0, 0.1) is 0 Å². The van der Waals surface area contributed by atoms with Crippen LogP contribution in [0.25, 0.3) is 11.0 Å². The molecule has 4 aromatic rings. The fourth-order valence-corrected chi connectivity index (χ4v) is 3.63. The molecule has 0 spiro atoms. The average molecular weight is 468 g/mol. The molecule has 6 nitrogen and oxygen atoms in total. The Morgan fingerprint density at radius 2 is 1.67 bits per heavy atom. The Morgan fingerprint density at radius 1 is 0.900 bits per heavy atom. The number of rotatable bonds is 7. The van der Waals surface area contributed by atoms with Gasteiger partial charge < -0.3 is 24.5 Å². The second-order valence-corrected chi connectivity index (χ2v) is 7.73. The quantitative estimate of drug-likeness (QED) is 0.412. The molecule has 7 heteroatoms. The van der Waals surface area contributed by atoms with Gasteiger partial charge in [0.05, 0.1) is 31.8 Å². The molecule has 0 unspecified atom stereocenters. The molecule has 0 aliphatic carbocycles. The van der Waals surface area contributed by atoms with Crippen LogP contribution in [-0.4, -0.2) is 23.8 Å². The monoisotopic (exact) mass is 467 g/mol. The molecule has 0 atom stereocenters. The predicted molar refractivity (Wildman–Crippen MR) is 121 cm³/mol. The zero-order valence-electron chi connectivity index (χ0n) is 16.8. The molecular formula is C23H22BrN3O3. The highest BCUT2D eigenvalue weighted by Gasteiger charge is 2.12. The van der Waals surface area contributed by atoms with Crippen LogP contribution in [-0.2, 0) is 13.2 Å². The standard InChI is InChI=1S/C23H22BrN3O3/c1-28-18-7-3-15(4-8-18)14-30-21-10-5-16(11-22(21)29-2)13-27-20-9-6-17(24)12-19(20)26-23(27)25/h3-12H,13-14H2,1-2H3,(H2,25,26). The summed E-state index contributed by atoms with van der Waals surface area (Å²) >= 11 is 3.47. The number of hydrogen-bond acceptors (Lipinski definition) is 5. The van der Waals surface area contributed by atoms with E-state index in [9.17, 15) is 0 Å². The molecule has 1 heterocycles. The van der Waals surface area contributed by atoms with Crippen molar-refractivity contribution < 1.29 is 14.2 Å². The van der Waals surface area contributed by atoms with Crippen molar-refractivity contribution in [2.24, 2.45) is 0 Å². The van der Waals surface area contributed by atoms with E-state index < -0.39 is 0 Å². The lowest BCUT2D eigenvalue weighted by Gasteiger charge is -2.13. The summed E-state index contributed by atoms with van der Waals surface area (Å²) in [7, 11) is 3.29. The Balaban J connectivity index is 1.53. The van der Waals surface area contributed by atoms with E-state index in [1.165, 1.54) is 0 Å². The minimum absolute atomic E-state index is 0.438. The van der Waals surface area contributed by atoms with E-state index in [4.69, 9.17) is 19.9 Å². The van der Waals surface area contributed by atoms with Crippen LogP contribution in [0.4, 0.5) is 5.95 Å². The first-order valence-corrected chi connectivity index (χ1v) is 10.2. The lowest BCUT2D eigenvalue weighted by atomic mass is 10.2. The number of halogens is 1. The first-order chi connectivity index (χ1) is 14.6. The maximum Gasteiger partial charge on any atom is 0.201 e. The van der Waals surface area contributed by atoms with E-state index in [2.05, 4.69) is 20.9 Å². The summed E-state index contributed by atoms with van der Waals surface area (Å²) in [6, 6.07) is 19.6. The molecule has 4 rings (SSSR count). The SMILES string of the molecule is COc1ccc(COc2ccc(Cn3c(N)nc4cc(Br)ccc43)cc2OC)cc1. The van der Waals surface area contributed by atoms with Crippen molar-refractivity contribution in [3.8, 4) is 17.2 Å². The van der Waals surface area contributed by atoms with Gasteiger partial charge in [-0.15, -0.1) is 0 Å². The van der Waals surface area contributed by atoms with Crippen LogP contribution in [0.15, 0.2) is 65.1 Å². The van der Waals surface area contributed by atoms with Gasteiger partial charge in [0.1, 0.15) is 12.4 Å². The number of methoxy groups -OCH3 is 2. The van der Waals surface area contributed by atoms with Gasteiger partial charge in [0.2, 0.25) is 5.95 Å². The van der Waals surface area contributed by atoms with Crippen molar-refractivity contribution in [2.45, 2.75) is 13.2 Å². The third kappa shape index (κ3) is 4.21. The number of imidazole rings is 1. The molecule has 0 aliphatic heterocycles. The van der Waals surface area contributed by atoms with Crippen molar-refractivity contribution in [1.29, 1.82) is 0 Å². The number of anilines is 1. The maximum atomic E-state index is 6.16. The first-order valence-electron chi connectivity index (χ1n) is 9.41. The number of fused-ring (bicyclic) bond motifs is 1. The maximum absolute atomic E-state index is 6.16. The van der Waals surface area contributed by atoms with Crippen LogP contribution >= 0.6 is 15.9 Å². The predicted octanol–water partition coefficient (Wildman–Crippen LogP) is 5.03. The van der Waals surface area contributed by atoms with E-state index in [-0.39, 0.29) is 0 Å². The van der Waals surface area contributed by atoms with Crippen LogP contribution in [0.5, 0.6) is 17.2 Å². The number of hydrogen-bond donors (Lipinski definition) is 1.